The second-order valence-corrected chi connectivity index (χ2v) is 6.07. The molecule has 0 heterocycles. The highest BCUT2D eigenvalue weighted by Gasteiger charge is 2.54. The van der Waals surface area contributed by atoms with Gasteiger partial charge in [0.1, 0.15) is 5.75 Å². The molecule has 2 aliphatic carbocycles. The maximum atomic E-state index is 12.2. The Kier molecular flexibility index (Phi) is 3.95. The molecule has 2 aliphatic rings. The molecule has 0 bridgehead atoms. The van der Waals surface area contributed by atoms with Crippen LogP contribution >= 0.6 is 0 Å². The molecule has 2 atom stereocenters. The second kappa shape index (κ2) is 5.88. The van der Waals surface area contributed by atoms with Gasteiger partial charge in [-0.25, -0.2) is 5.43 Å². The van der Waals surface area contributed by atoms with Gasteiger partial charge in [0, 0.05) is 5.92 Å². The minimum Gasteiger partial charge on any atom is -0.508 e. The Labute approximate surface area is 125 Å². The van der Waals surface area contributed by atoms with Crippen molar-refractivity contribution in [3.05, 3.63) is 29.8 Å². The Morgan fingerprint density at radius 3 is 2.43 bits per heavy atom. The number of rotatable bonds is 4. The molecule has 1 aromatic rings. The smallest absolute Gasteiger partial charge is 0.243 e. The molecule has 2 saturated carbocycles. The fourth-order valence-corrected chi connectivity index (χ4v) is 3.58. The third-order valence-corrected chi connectivity index (χ3v) is 4.80. The first-order chi connectivity index (χ1) is 10.2. The molecule has 4 nitrogen and oxygen atoms in total. The number of aromatic hydroxyl groups is 1. The van der Waals surface area contributed by atoms with E-state index in [9.17, 15) is 9.90 Å². The average Bonchev–Trinajstić information content (AvgIpc) is 3.24. The highest BCUT2D eigenvalue weighted by atomic mass is 16.3. The molecule has 0 saturated heterocycles. The SMILES string of the molecule is CC/C(=N\NC(=O)C1C2CCCCC21)c1ccc(O)cc1. The van der Waals surface area contributed by atoms with Crippen LogP contribution < -0.4 is 5.43 Å². The van der Waals surface area contributed by atoms with Crippen LogP contribution in [0.25, 0.3) is 0 Å². The number of carbonyl (C=O) groups is 1. The minimum absolute atomic E-state index is 0.0802. The molecule has 112 valence electrons. The van der Waals surface area contributed by atoms with Gasteiger partial charge in [-0.05, 0) is 60.9 Å². The summed E-state index contributed by atoms with van der Waals surface area (Å²) < 4.78 is 0. The fourth-order valence-electron chi connectivity index (χ4n) is 3.58. The first kappa shape index (κ1) is 14.1. The minimum atomic E-state index is 0.0802. The number of benzene rings is 1. The van der Waals surface area contributed by atoms with Gasteiger partial charge in [0.25, 0.3) is 0 Å². The summed E-state index contributed by atoms with van der Waals surface area (Å²) in [4.78, 5) is 12.2. The standard InChI is InChI=1S/C17H22N2O2/c1-2-15(11-7-9-12(20)10-8-11)18-19-17(21)16-13-5-3-4-6-14(13)16/h7-10,13-14,16,20H,2-6H2,1H3,(H,19,21)/b18-15+. The Morgan fingerprint density at radius 2 is 1.86 bits per heavy atom. The zero-order chi connectivity index (χ0) is 14.8. The lowest BCUT2D eigenvalue weighted by Gasteiger charge is -2.05. The summed E-state index contributed by atoms with van der Waals surface area (Å²) in [5.74, 6) is 1.71. The van der Waals surface area contributed by atoms with E-state index in [0.29, 0.717) is 11.8 Å². The number of phenols is 1. The van der Waals surface area contributed by atoms with E-state index in [2.05, 4.69) is 10.5 Å². The van der Waals surface area contributed by atoms with Crippen molar-refractivity contribution in [1.29, 1.82) is 0 Å². The molecule has 21 heavy (non-hydrogen) atoms. The zero-order valence-electron chi connectivity index (χ0n) is 12.4. The second-order valence-electron chi connectivity index (χ2n) is 6.07. The van der Waals surface area contributed by atoms with Crippen LogP contribution in [0, 0.1) is 17.8 Å². The van der Waals surface area contributed by atoms with Crippen LogP contribution in [0.3, 0.4) is 0 Å². The van der Waals surface area contributed by atoms with Crippen molar-refractivity contribution in [1.82, 2.24) is 5.43 Å². The van der Waals surface area contributed by atoms with Crippen molar-refractivity contribution in [2.75, 3.05) is 0 Å². The first-order valence-electron chi connectivity index (χ1n) is 7.86. The molecular weight excluding hydrogens is 264 g/mol. The summed E-state index contributed by atoms with van der Waals surface area (Å²) in [6, 6.07) is 6.91. The number of hydrogen-bond donors (Lipinski definition) is 2. The quantitative estimate of drug-likeness (QED) is 0.660. The van der Waals surface area contributed by atoms with E-state index < -0.39 is 0 Å². The summed E-state index contributed by atoms with van der Waals surface area (Å²) in [6.07, 6.45) is 5.67. The van der Waals surface area contributed by atoms with E-state index in [0.717, 1.165) is 17.7 Å². The number of hydrazone groups is 1. The van der Waals surface area contributed by atoms with E-state index in [1.54, 1.807) is 12.1 Å². The van der Waals surface area contributed by atoms with Gasteiger partial charge in [-0.15, -0.1) is 0 Å². The lowest BCUT2D eigenvalue weighted by molar-refractivity contribution is -0.122. The average molecular weight is 286 g/mol. The number of fused-ring (bicyclic) bond motifs is 1. The normalized spacial score (nSPS) is 27.9. The molecule has 2 unspecified atom stereocenters. The van der Waals surface area contributed by atoms with Gasteiger partial charge < -0.3 is 5.11 Å². The van der Waals surface area contributed by atoms with Crippen LogP contribution in [0.15, 0.2) is 29.4 Å². The Bertz CT molecular complexity index is 538. The van der Waals surface area contributed by atoms with Crippen LogP contribution in [-0.2, 0) is 4.79 Å². The van der Waals surface area contributed by atoms with Crippen LogP contribution in [0.2, 0.25) is 0 Å². The van der Waals surface area contributed by atoms with Gasteiger partial charge in [0.05, 0.1) is 5.71 Å². The van der Waals surface area contributed by atoms with Gasteiger partial charge >= 0.3 is 0 Å². The van der Waals surface area contributed by atoms with Crippen molar-refractivity contribution < 1.29 is 9.90 Å². The summed E-state index contributed by atoms with van der Waals surface area (Å²) in [5, 5.41) is 13.6. The molecule has 0 radical (unpaired) electrons. The van der Waals surface area contributed by atoms with E-state index in [4.69, 9.17) is 0 Å². The number of amides is 1. The predicted molar refractivity (Wildman–Crippen MR) is 82.0 cm³/mol. The molecule has 0 aromatic heterocycles. The third kappa shape index (κ3) is 2.94. The van der Waals surface area contributed by atoms with E-state index in [-0.39, 0.29) is 17.6 Å². The maximum absolute atomic E-state index is 12.2. The Balaban J connectivity index is 1.63. The maximum Gasteiger partial charge on any atom is 0.243 e. The number of carbonyl (C=O) groups excluding carboxylic acids is 1. The lowest BCUT2D eigenvalue weighted by Crippen LogP contribution is -2.22. The van der Waals surface area contributed by atoms with Crippen molar-refractivity contribution in [2.24, 2.45) is 22.9 Å². The van der Waals surface area contributed by atoms with Crippen LogP contribution in [0.1, 0.15) is 44.6 Å². The van der Waals surface area contributed by atoms with E-state index in [1.165, 1.54) is 25.7 Å². The molecule has 3 rings (SSSR count). The summed E-state index contributed by atoms with van der Waals surface area (Å²) in [5.41, 5.74) is 4.53. The molecule has 0 aliphatic heterocycles. The van der Waals surface area contributed by atoms with Crippen molar-refractivity contribution in [3.63, 3.8) is 0 Å². The van der Waals surface area contributed by atoms with E-state index in [1.807, 2.05) is 19.1 Å². The van der Waals surface area contributed by atoms with Gasteiger partial charge in [0.2, 0.25) is 5.91 Å². The first-order valence-corrected chi connectivity index (χ1v) is 7.86. The van der Waals surface area contributed by atoms with Gasteiger partial charge in [-0.1, -0.05) is 19.8 Å². The molecule has 1 aromatic carbocycles. The van der Waals surface area contributed by atoms with Crippen molar-refractivity contribution in [2.45, 2.75) is 39.0 Å². The Morgan fingerprint density at radius 1 is 1.24 bits per heavy atom. The highest BCUT2D eigenvalue weighted by molar-refractivity contribution is 6.01. The van der Waals surface area contributed by atoms with Gasteiger partial charge in [0.15, 0.2) is 0 Å². The molecule has 4 heteroatoms. The summed E-state index contributed by atoms with van der Waals surface area (Å²) >= 11 is 0. The number of hydrogen-bond acceptors (Lipinski definition) is 3. The monoisotopic (exact) mass is 286 g/mol. The van der Waals surface area contributed by atoms with E-state index >= 15 is 0 Å². The Hall–Kier alpha value is -1.84. The van der Waals surface area contributed by atoms with Crippen LogP contribution in [0.4, 0.5) is 0 Å². The molecule has 1 amide bonds. The topological polar surface area (TPSA) is 61.7 Å². The molecule has 2 fully saturated rings. The molecule has 2 N–H and O–H groups in total. The fraction of sp³-hybridized carbons (Fsp3) is 0.529. The highest BCUT2D eigenvalue weighted by Crippen LogP contribution is 2.55. The predicted octanol–water partition coefficient (Wildman–Crippen LogP) is 3.06. The number of phenolic OH excluding ortho intramolecular Hbond substituents is 1. The van der Waals surface area contributed by atoms with Gasteiger partial charge in [-0.2, -0.15) is 5.10 Å². The van der Waals surface area contributed by atoms with Gasteiger partial charge in [-0.3, -0.25) is 4.79 Å². The lowest BCUT2D eigenvalue weighted by atomic mass is 10.0. The van der Waals surface area contributed by atoms with Crippen molar-refractivity contribution in [3.8, 4) is 5.75 Å². The number of nitrogens with one attached hydrogen (secondary N) is 1. The number of nitrogens with zero attached hydrogens (tertiary/aromatic N) is 1. The van der Waals surface area contributed by atoms with Crippen molar-refractivity contribution >= 4 is 11.6 Å². The zero-order valence-corrected chi connectivity index (χ0v) is 12.4. The molecule has 0 spiro atoms. The third-order valence-electron chi connectivity index (χ3n) is 4.80. The summed E-state index contributed by atoms with van der Waals surface area (Å²) in [7, 11) is 0. The molecular formula is C17H22N2O2. The van der Waals surface area contributed by atoms with Crippen LogP contribution in [0.5, 0.6) is 5.75 Å². The largest absolute Gasteiger partial charge is 0.508 e. The summed E-state index contributed by atoms with van der Waals surface area (Å²) in [6.45, 7) is 2.01. The van der Waals surface area contributed by atoms with Crippen LogP contribution in [-0.4, -0.2) is 16.7 Å².